The summed E-state index contributed by atoms with van der Waals surface area (Å²) in [5.41, 5.74) is -0.0503. The topological polar surface area (TPSA) is 98.3 Å². The quantitative estimate of drug-likeness (QED) is 0.0677. The Morgan fingerprint density at radius 1 is 0.895 bits per heavy atom. The molecule has 1 aromatic heterocycles. The smallest absolute Gasteiger partial charge is 0.348 e. The average Bonchev–Trinajstić information content (AvgIpc) is 2.91. The third-order valence-electron chi connectivity index (χ3n) is 6.30. The van der Waals surface area contributed by atoms with Gasteiger partial charge in [0.15, 0.2) is 0 Å². The Kier molecular flexibility index (Phi) is 11.9. The summed E-state index contributed by atoms with van der Waals surface area (Å²) in [7, 11) is 0. The number of rotatable bonds is 16. The van der Waals surface area contributed by atoms with Crippen molar-refractivity contribution in [2.75, 3.05) is 6.61 Å². The normalized spacial score (nSPS) is 11.3. The highest BCUT2D eigenvalue weighted by molar-refractivity contribution is 5.94. The molecule has 0 aliphatic heterocycles. The largest absolute Gasteiger partial charge is 0.506 e. The number of carbonyl (C=O) groups is 1. The molecule has 204 valence electrons. The number of hydrogen-bond acceptors (Lipinski definition) is 7. The fourth-order valence-corrected chi connectivity index (χ4v) is 4.08. The maximum Gasteiger partial charge on any atom is 0.348 e. The minimum atomic E-state index is -0.735. The van der Waals surface area contributed by atoms with Crippen molar-refractivity contribution in [3.63, 3.8) is 0 Å². The monoisotopic (exact) mass is 521 g/mol. The van der Waals surface area contributed by atoms with E-state index in [4.69, 9.17) is 13.9 Å². The van der Waals surface area contributed by atoms with Crippen LogP contribution in [0.2, 0.25) is 0 Å². The highest BCUT2D eigenvalue weighted by atomic mass is 16.5. The molecule has 3 aromatic rings. The van der Waals surface area contributed by atoms with Crippen LogP contribution < -0.4 is 15.1 Å². The molecule has 2 aromatic carbocycles. The van der Waals surface area contributed by atoms with E-state index < -0.39 is 5.63 Å². The second kappa shape index (κ2) is 15.6. The van der Waals surface area contributed by atoms with Crippen molar-refractivity contribution in [1.82, 2.24) is 0 Å². The summed E-state index contributed by atoms with van der Waals surface area (Å²) >= 11 is 0. The van der Waals surface area contributed by atoms with Crippen LogP contribution in [0.25, 0.3) is 11.0 Å². The van der Waals surface area contributed by atoms with Gasteiger partial charge in [0.1, 0.15) is 28.4 Å². The molecule has 3 rings (SSSR count). The molecule has 1 N–H and O–H groups in total. The molecule has 0 fully saturated rings. The Labute approximate surface area is 224 Å². The van der Waals surface area contributed by atoms with Gasteiger partial charge in [-0.1, -0.05) is 65.2 Å². The van der Waals surface area contributed by atoms with Gasteiger partial charge in [0.2, 0.25) is 0 Å². The van der Waals surface area contributed by atoms with Crippen molar-refractivity contribution in [2.45, 2.75) is 84.5 Å². The van der Waals surface area contributed by atoms with E-state index in [2.05, 4.69) is 18.8 Å². The molecule has 1 heterocycles. The first-order valence-electron chi connectivity index (χ1n) is 13.8. The maximum atomic E-state index is 12.6. The summed E-state index contributed by atoms with van der Waals surface area (Å²) in [6.07, 6.45) is 12.7. The van der Waals surface area contributed by atoms with Crippen LogP contribution in [-0.2, 0) is 4.79 Å². The third kappa shape index (κ3) is 9.05. The van der Waals surface area contributed by atoms with Crippen molar-refractivity contribution >= 4 is 28.8 Å². The van der Waals surface area contributed by atoms with Gasteiger partial charge < -0.3 is 19.0 Å². The number of benzene rings is 2. The van der Waals surface area contributed by atoms with E-state index in [0.717, 1.165) is 44.3 Å². The van der Waals surface area contributed by atoms with Crippen molar-refractivity contribution in [3.05, 3.63) is 58.4 Å². The predicted octanol–water partition coefficient (Wildman–Crippen LogP) is 7.86. The van der Waals surface area contributed by atoms with Gasteiger partial charge in [-0.3, -0.25) is 9.79 Å². The fourth-order valence-electron chi connectivity index (χ4n) is 4.08. The second-order valence-electron chi connectivity index (χ2n) is 9.46. The summed E-state index contributed by atoms with van der Waals surface area (Å²) < 4.78 is 16.5. The molecule has 0 aliphatic rings. The zero-order valence-electron chi connectivity index (χ0n) is 22.5. The van der Waals surface area contributed by atoms with Crippen LogP contribution in [-0.4, -0.2) is 23.9 Å². The highest BCUT2D eigenvalue weighted by Crippen LogP contribution is 2.29. The lowest BCUT2D eigenvalue weighted by Crippen LogP contribution is -2.09. The molecule has 0 saturated carbocycles. The van der Waals surface area contributed by atoms with E-state index in [1.54, 1.807) is 24.3 Å². The Balaban J connectivity index is 1.59. The first kappa shape index (κ1) is 29.0. The lowest BCUT2D eigenvalue weighted by atomic mass is 10.1. The molecule has 0 spiro atoms. The average molecular weight is 522 g/mol. The summed E-state index contributed by atoms with van der Waals surface area (Å²) in [6.45, 7) is 5.01. The van der Waals surface area contributed by atoms with Gasteiger partial charge in [0.05, 0.1) is 17.7 Å². The lowest BCUT2D eigenvalue weighted by molar-refractivity contribution is -0.134. The number of hydrogen-bond donors (Lipinski definition) is 1. The number of unbranched alkanes of at least 4 members (excludes halogenated alkanes) is 8. The Morgan fingerprint density at radius 3 is 2.29 bits per heavy atom. The molecule has 0 amide bonds. The van der Waals surface area contributed by atoms with Crippen LogP contribution in [0.5, 0.6) is 17.2 Å². The summed E-state index contributed by atoms with van der Waals surface area (Å²) in [5, 5.41) is 11.0. The molecular weight excluding hydrogens is 482 g/mol. The fraction of sp³-hybridized carbons (Fsp3) is 0.452. The second-order valence-corrected chi connectivity index (χ2v) is 9.46. The van der Waals surface area contributed by atoms with E-state index in [1.165, 1.54) is 38.0 Å². The molecule has 0 saturated heterocycles. The molecule has 0 bridgehead atoms. The van der Waals surface area contributed by atoms with Crippen molar-refractivity contribution in [1.29, 1.82) is 0 Å². The number of esters is 1. The van der Waals surface area contributed by atoms with E-state index in [9.17, 15) is 14.7 Å². The molecule has 0 radical (unpaired) electrons. The number of nitrogens with zero attached hydrogens (tertiary/aromatic N) is 1. The molecule has 0 unspecified atom stereocenters. The molecular formula is C31H39NO6. The van der Waals surface area contributed by atoms with Crippen LogP contribution in [0.15, 0.2) is 56.7 Å². The van der Waals surface area contributed by atoms with E-state index in [0.29, 0.717) is 24.1 Å². The van der Waals surface area contributed by atoms with Gasteiger partial charge in [0.25, 0.3) is 0 Å². The van der Waals surface area contributed by atoms with Gasteiger partial charge in [-0.15, -0.1) is 0 Å². The number of aromatic hydroxyl groups is 1. The Bertz CT molecular complexity index is 1250. The maximum absolute atomic E-state index is 12.6. The Morgan fingerprint density at radius 2 is 1.55 bits per heavy atom. The van der Waals surface area contributed by atoms with Crippen LogP contribution >= 0.6 is 0 Å². The van der Waals surface area contributed by atoms with Gasteiger partial charge in [-0.25, -0.2) is 4.79 Å². The molecule has 7 heteroatoms. The predicted molar refractivity (Wildman–Crippen MR) is 151 cm³/mol. The van der Waals surface area contributed by atoms with E-state index >= 15 is 0 Å². The summed E-state index contributed by atoms with van der Waals surface area (Å²) in [5.74, 6) is 0.459. The molecule has 38 heavy (non-hydrogen) atoms. The minimum absolute atomic E-state index is 0.0546. The van der Waals surface area contributed by atoms with Crippen LogP contribution in [0.4, 0.5) is 5.69 Å². The highest BCUT2D eigenvalue weighted by Gasteiger charge is 2.14. The Hall–Kier alpha value is -3.61. The van der Waals surface area contributed by atoms with Gasteiger partial charge >= 0.3 is 11.6 Å². The van der Waals surface area contributed by atoms with Crippen LogP contribution in [0, 0.1) is 0 Å². The first-order chi connectivity index (χ1) is 18.5. The number of carbonyl (C=O) groups excluding carboxylic acids is 1. The first-order valence-corrected chi connectivity index (χ1v) is 13.8. The zero-order chi connectivity index (χ0) is 27.2. The SMILES string of the molecule is CCCCCCCCCC(=O)Oc1ccc2c(O)c(C=Nc3ccc(OCCCCC)cc3)c(=O)oc2c1. The van der Waals surface area contributed by atoms with Crippen LogP contribution in [0.3, 0.4) is 0 Å². The van der Waals surface area contributed by atoms with Gasteiger partial charge in [-0.2, -0.15) is 0 Å². The van der Waals surface area contributed by atoms with Crippen LogP contribution in [0.1, 0.15) is 90.0 Å². The van der Waals surface area contributed by atoms with Crippen molar-refractivity contribution in [2.24, 2.45) is 4.99 Å². The number of aliphatic imine (C=N–C) groups is 1. The molecule has 7 nitrogen and oxygen atoms in total. The van der Waals surface area contributed by atoms with Gasteiger partial charge in [0, 0.05) is 18.7 Å². The van der Waals surface area contributed by atoms with Crippen molar-refractivity contribution in [3.8, 4) is 17.2 Å². The van der Waals surface area contributed by atoms with E-state index in [1.807, 2.05) is 12.1 Å². The summed E-state index contributed by atoms with van der Waals surface area (Å²) in [4.78, 5) is 29.1. The number of fused-ring (bicyclic) bond motifs is 1. The van der Waals surface area contributed by atoms with Crippen molar-refractivity contribution < 1.29 is 23.8 Å². The standard InChI is InChI=1S/C31H39NO6/c1-3-5-7-8-9-10-11-13-29(33)37-25-18-19-26-28(21-25)38-31(35)27(30(26)34)22-32-23-14-16-24(17-15-23)36-20-12-6-4-2/h14-19,21-22,34H,3-13,20H2,1-2H3. The molecule has 0 aliphatic carbocycles. The lowest BCUT2D eigenvalue weighted by Gasteiger charge is -2.07. The number of ether oxygens (including phenoxy) is 2. The zero-order valence-corrected chi connectivity index (χ0v) is 22.5. The third-order valence-corrected chi connectivity index (χ3v) is 6.30. The summed E-state index contributed by atoms with van der Waals surface area (Å²) in [6, 6.07) is 11.8. The minimum Gasteiger partial charge on any atom is -0.506 e. The van der Waals surface area contributed by atoms with Gasteiger partial charge in [-0.05, 0) is 49.2 Å². The van der Waals surface area contributed by atoms with E-state index in [-0.39, 0.29) is 28.6 Å². The molecule has 0 atom stereocenters.